The average molecular weight is 228 g/mol. The predicted octanol–water partition coefficient (Wildman–Crippen LogP) is 2.05. The zero-order chi connectivity index (χ0) is 12.0. The first-order valence-electron chi connectivity index (χ1n) is 5.51. The molecule has 1 unspecified atom stereocenters. The Balaban J connectivity index is 2.44. The minimum Gasteiger partial charge on any atom is -0.315 e. The van der Waals surface area contributed by atoms with Gasteiger partial charge in [0, 0.05) is 24.7 Å². The van der Waals surface area contributed by atoms with Crippen molar-refractivity contribution in [1.82, 2.24) is 10.6 Å². The largest absolute Gasteiger partial charge is 0.315 e. The van der Waals surface area contributed by atoms with E-state index >= 15 is 0 Å². The molecule has 0 heterocycles. The molecule has 0 saturated heterocycles. The fourth-order valence-electron chi connectivity index (χ4n) is 1.40. The molecule has 90 valence electrons. The molecular weight excluding hydrogens is 210 g/mol. The lowest BCUT2D eigenvalue weighted by Gasteiger charge is -2.14. The highest BCUT2D eigenvalue weighted by molar-refractivity contribution is 5.18. The van der Waals surface area contributed by atoms with E-state index < -0.39 is 5.82 Å². The van der Waals surface area contributed by atoms with Crippen LogP contribution in [0.3, 0.4) is 0 Å². The van der Waals surface area contributed by atoms with Crippen LogP contribution in [0.2, 0.25) is 0 Å². The Labute approximate surface area is 95.1 Å². The molecule has 2 N–H and O–H groups in total. The summed E-state index contributed by atoms with van der Waals surface area (Å²) in [4.78, 5) is 0. The van der Waals surface area contributed by atoms with E-state index in [-0.39, 0.29) is 11.9 Å². The number of nitrogens with one attached hydrogen (secondary N) is 2. The van der Waals surface area contributed by atoms with Crippen LogP contribution in [-0.4, -0.2) is 19.1 Å². The number of halogens is 2. The minimum atomic E-state index is -0.405. The Morgan fingerprint density at radius 2 is 2.06 bits per heavy atom. The Kier molecular flexibility index (Phi) is 5.35. The molecule has 0 fully saturated rings. The molecule has 0 aliphatic carbocycles. The van der Waals surface area contributed by atoms with E-state index in [2.05, 4.69) is 10.6 Å². The second-order valence-electron chi connectivity index (χ2n) is 3.83. The smallest absolute Gasteiger partial charge is 0.127 e. The summed E-state index contributed by atoms with van der Waals surface area (Å²) in [7, 11) is 0. The van der Waals surface area contributed by atoms with Crippen LogP contribution in [0.15, 0.2) is 18.2 Å². The van der Waals surface area contributed by atoms with Gasteiger partial charge in [0.05, 0.1) is 0 Å². The zero-order valence-electron chi connectivity index (χ0n) is 9.69. The monoisotopic (exact) mass is 228 g/mol. The van der Waals surface area contributed by atoms with E-state index in [1.54, 1.807) is 0 Å². The van der Waals surface area contributed by atoms with Gasteiger partial charge in [-0.05, 0) is 31.7 Å². The standard InChI is InChI=1S/C12H18F2N2/c1-3-15-7-9(2)16-8-10-6-11(13)4-5-12(10)14/h4-6,9,15-16H,3,7-8H2,1-2H3. The Bertz CT molecular complexity index is 329. The summed E-state index contributed by atoms with van der Waals surface area (Å²) in [6.07, 6.45) is 0. The van der Waals surface area contributed by atoms with Crippen molar-refractivity contribution in [2.75, 3.05) is 13.1 Å². The zero-order valence-corrected chi connectivity index (χ0v) is 9.69. The maximum atomic E-state index is 13.2. The molecule has 1 rings (SSSR count). The second kappa shape index (κ2) is 6.55. The molecule has 0 aliphatic heterocycles. The number of benzene rings is 1. The van der Waals surface area contributed by atoms with Gasteiger partial charge in [-0.2, -0.15) is 0 Å². The third-order valence-corrected chi connectivity index (χ3v) is 2.35. The molecule has 1 aromatic rings. The van der Waals surface area contributed by atoms with Gasteiger partial charge in [0.2, 0.25) is 0 Å². The van der Waals surface area contributed by atoms with Crippen LogP contribution < -0.4 is 10.6 Å². The second-order valence-corrected chi connectivity index (χ2v) is 3.83. The van der Waals surface area contributed by atoms with Crippen LogP contribution in [0.25, 0.3) is 0 Å². The summed E-state index contributed by atoms with van der Waals surface area (Å²) in [5.41, 5.74) is 0.364. The topological polar surface area (TPSA) is 24.1 Å². The highest BCUT2D eigenvalue weighted by Gasteiger charge is 2.05. The lowest BCUT2D eigenvalue weighted by Crippen LogP contribution is -2.36. The average Bonchev–Trinajstić information content (AvgIpc) is 2.27. The van der Waals surface area contributed by atoms with Gasteiger partial charge in [-0.3, -0.25) is 0 Å². The van der Waals surface area contributed by atoms with E-state index in [4.69, 9.17) is 0 Å². The van der Waals surface area contributed by atoms with Crippen LogP contribution >= 0.6 is 0 Å². The normalized spacial score (nSPS) is 12.8. The highest BCUT2D eigenvalue weighted by Crippen LogP contribution is 2.09. The Morgan fingerprint density at radius 3 is 2.75 bits per heavy atom. The minimum absolute atomic E-state index is 0.225. The van der Waals surface area contributed by atoms with Crippen LogP contribution in [-0.2, 0) is 6.54 Å². The third-order valence-electron chi connectivity index (χ3n) is 2.35. The molecule has 1 atom stereocenters. The van der Waals surface area contributed by atoms with Crippen molar-refractivity contribution in [2.45, 2.75) is 26.4 Å². The van der Waals surface area contributed by atoms with Crippen molar-refractivity contribution in [3.63, 3.8) is 0 Å². The van der Waals surface area contributed by atoms with E-state index in [1.165, 1.54) is 6.07 Å². The summed E-state index contributed by atoms with van der Waals surface area (Å²) in [6, 6.07) is 3.73. The Hall–Kier alpha value is -1.00. The van der Waals surface area contributed by atoms with Crippen molar-refractivity contribution in [3.8, 4) is 0 Å². The number of hydrogen-bond donors (Lipinski definition) is 2. The Morgan fingerprint density at radius 1 is 1.31 bits per heavy atom. The molecule has 0 aromatic heterocycles. The number of hydrogen-bond acceptors (Lipinski definition) is 2. The molecule has 4 heteroatoms. The van der Waals surface area contributed by atoms with Gasteiger partial charge in [-0.15, -0.1) is 0 Å². The molecular formula is C12H18F2N2. The van der Waals surface area contributed by atoms with Crippen molar-refractivity contribution in [2.24, 2.45) is 0 Å². The SMILES string of the molecule is CCNCC(C)NCc1cc(F)ccc1F. The van der Waals surface area contributed by atoms with Crippen molar-refractivity contribution >= 4 is 0 Å². The first kappa shape index (κ1) is 13.1. The lowest BCUT2D eigenvalue weighted by atomic mass is 10.2. The van der Waals surface area contributed by atoms with Crippen molar-refractivity contribution in [1.29, 1.82) is 0 Å². The molecule has 0 radical (unpaired) electrons. The number of rotatable bonds is 6. The summed E-state index contributed by atoms with van der Waals surface area (Å²) in [5.74, 6) is -0.776. The molecule has 0 bridgehead atoms. The number of likely N-dealkylation sites (N-methyl/N-ethyl adjacent to an activating group) is 1. The van der Waals surface area contributed by atoms with Gasteiger partial charge >= 0.3 is 0 Å². The van der Waals surface area contributed by atoms with Gasteiger partial charge in [0.1, 0.15) is 11.6 Å². The van der Waals surface area contributed by atoms with Crippen LogP contribution in [0, 0.1) is 11.6 Å². The molecule has 1 aromatic carbocycles. The molecule has 16 heavy (non-hydrogen) atoms. The summed E-state index contributed by atoms with van der Waals surface area (Å²) in [5, 5.41) is 6.31. The highest BCUT2D eigenvalue weighted by atomic mass is 19.1. The maximum Gasteiger partial charge on any atom is 0.127 e. The fraction of sp³-hybridized carbons (Fsp3) is 0.500. The quantitative estimate of drug-likeness (QED) is 0.778. The lowest BCUT2D eigenvalue weighted by molar-refractivity contribution is 0.495. The van der Waals surface area contributed by atoms with E-state index in [0.29, 0.717) is 12.1 Å². The van der Waals surface area contributed by atoms with Gasteiger partial charge in [0.25, 0.3) is 0 Å². The molecule has 0 saturated carbocycles. The third kappa shape index (κ3) is 4.24. The summed E-state index contributed by atoms with van der Waals surface area (Å²) < 4.78 is 26.1. The predicted molar refractivity (Wildman–Crippen MR) is 61.2 cm³/mol. The van der Waals surface area contributed by atoms with Crippen LogP contribution in [0.5, 0.6) is 0 Å². The molecule has 0 spiro atoms. The van der Waals surface area contributed by atoms with Gasteiger partial charge in [0.15, 0.2) is 0 Å². The van der Waals surface area contributed by atoms with Crippen LogP contribution in [0.1, 0.15) is 19.4 Å². The van der Waals surface area contributed by atoms with Crippen molar-refractivity contribution in [3.05, 3.63) is 35.4 Å². The van der Waals surface area contributed by atoms with Gasteiger partial charge in [-0.25, -0.2) is 8.78 Å². The molecule has 0 aliphatic rings. The van der Waals surface area contributed by atoms with Gasteiger partial charge < -0.3 is 10.6 Å². The van der Waals surface area contributed by atoms with E-state index in [9.17, 15) is 8.78 Å². The van der Waals surface area contributed by atoms with E-state index in [1.807, 2.05) is 13.8 Å². The molecule has 2 nitrogen and oxygen atoms in total. The molecule has 0 amide bonds. The van der Waals surface area contributed by atoms with Crippen LogP contribution in [0.4, 0.5) is 8.78 Å². The fourth-order valence-corrected chi connectivity index (χ4v) is 1.40. The maximum absolute atomic E-state index is 13.2. The summed E-state index contributed by atoms with van der Waals surface area (Å²) >= 11 is 0. The van der Waals surface area contributed by atoms with Crippen molar-refractivity contribution < 1.29 is 8.78 Å². The van der Waals surface area contributed by atoms with Gasteiger partial charge in [-0.1, -0.05) is 6.92 Å². The summed E-state index contributed by atoms with van der Waals surface area (Å²) in [6.45, 7) is 6.09. The van der Waals surface area contributed by atoms with E-state index in [0.717, 1.165) is 25.2 Å². The first-order chi connectivity index (χ1) is 7.63. The first-order valence-corrected chi connectivity index (χ1v) is 5.51.